The number of nitrogen functional groups attached to an aromatic ring is 1. The molecule has 0 bridgehead atoms. The predicted octanol–water partition coefficient (Wildman–Crippen LogP) is 4.04. The number of nitrogens with one attached hydrogen (secondary N) is 1. The normalized spacial score (nSPS) is 10.4. The Bertz CT molecular complexity index is 663. The van der Waals surface area contributed by atoms with Gasteiger partial charge in [0.1, 0.15) is 5.82 Å². The molecular formula is C15H14BrFN2O. The highest BCUT2D eigenvalue weighted by atomic mass is 79.9. The van der Waals surface area contributed by atoms with E-state index < -0.39 is 11.7 Å². The number of rotatable bonds is 2. The standard InChI is InChI=1S/C15H14BrFN2O/c1-8-6-10(16)7-9(2)14(8)19-15(20)11-4-3-5-12(17)13(11)18/h3-7H,18H2,1-2H3,(H,19,20). The van der Waals surface area contributed by atoms with E-state index >= 15 is 0 Å². The molecule has 0 saturated carbocycles. The van der Waals surface area contributed by atoms with Crippen molar-refractivity contribution in [3.63, 3.8) is 0 Å². The van der Waals surface area contributed by atoms with E-state index in [4.69, 9.17) is 5.73 Å². The van der Waals surface area contributed by atoms with Crippen LogP contribution in [0, 0.1) is 19.7 Å². The maximum Gasteiger partial charge on any atom is 0.257 e. The van der Waals surface area contributed by atoms with Crippen LogP contribution < -0.4 is 11.1 Å². The first-order chi connectivity index (χ1) is 9.40. The summed E-state index contributed by atoms with van der Waals surface area (Å²) in [5.74, 6) is -1.02. The van der Waals surface area contributed by atoms with E-state index in [-0.39, 0.29) is 11.3 Å². The lowest BCUT2D eigenvalue weighted by Gasteiger charge is -2.13. The summed E-state index contributed by atoms with van der Waals surface area (Å²) in [6, 6.07) is 7.98. The fraction of sp³-hybridized carbons (Fsp3) is 0.133. The third kappa shape index (κ3) is 2.82. The fourth-order valence-electron chi connectivity index (χ4n) is 2.02. The number of carbonyl (C=O) groups excluding carboxylic acids is 1. The number of hydrogen-bond acceptors (Lipinski definition) is 2. The molecule has 2 rings (SSSR count). The van der Waals surface area contributed by atoms with E-state index in [2.05, 4.69) is 21.2 Å². The summed E-state index contributed by atoms with van der Waals surface area (Å²) in [5, 5.41) is 2.78. The lowest BCUT2D eigenvalue weighted by Crippen LogP contribution is -2.16. The molecule has 1 amide bonds. The minimum Gasteiger partial charge on any atom is -0.396 e. The summed E-state index contributed by atoms with van der Waals surface area (Å²) >= 11 is 3.40. The molecule has 2 aromatic rings. The molecule has 5 heteroatoms. The van der Waals surface area contributed by atoms with Crippen molar-refractivity contribution in [3.05, 3.63) is 57.3 Å². The zero-order chi connectivity index (χ0) is 14.9. The quantitative estimate of drug-likeness (QED) is 0.813. The Morgan fingerprint density at radius 3 is 2.45 bits per heavy atom. The second-order valence-electron chi connectivity index (χ2n) is 4.57. The first kappa shape index (κ1) is 14.5. The molecule has 2 aromatic carbocycles. The Labute approximate surface area is 125 Å². The third-order valence-corrected chi connectivity index (χ3v) is 3.49. The molecule has 0 aliphatic carbocycles. The van der Waals surface area contributed by atoms with Crippen molar-refractivity contribution in [2.75, 3.05) is 11.1 Å². The summed E-state index contributed by atoms with van der Waals surface area (Å²) in [6.07, 6.45) is 0. The largest absolute Gasteiger partial charge is 0.396 e. The zero-order valence-corrected chi connectivity index (χ0v) is 12.7. The first-order valence-corrected chi connectivity index (χ1v) is 6.81. The number of para-hydroxylation sites is 1. The SMILES string of the molecule is Cc1cc(Br)cc(C)c1NC(=O)c1cccc(F)c1N. The number of anilines is 2. The monoisotopic (exact) mass is 336 g/mol. The van der Waals surface area contributed by atoms with Crippen LogP contribution in [0.25, 0.3) is 0 Å². The Morgan fingerprint density at radius 2 is 1.85 bits per heavy atom. The number of hydrogen-bond donors (Lipinski definition) is 2. The Balaban J connectivity index is 2.36. The highest BCUT2D eigenvalue weighted by Crippen LogP contribution is 2.26. The van der Waals surface area contributed by atoms with E-state index in [0.717, 1.165) is 15.6 Å². The van der Waals surface area contributed by atoms with E-state index in [0.29, 0.717) is 5.69 Å². The average Bonchev–Trinajstić information content (AvgIpc) is 2.36. The average molecular weight is 337 g/mol. The van der Waals surface area contributed by atoms with E-state index in [1.807, 2.05) is 26.0 Å². The molecule has 0 unspecified atom stereocenters. The van der Waals surface area contributed by atoms with Crippen LogP contribution in [0.4, 0.5) is 15.8 Å². The van der Waals surface area contributed by atoms with Crippen molar-refractivity contribution in [2.24, 2.45) is 0 Å². The molecule has 0 spiro atoms. The van der Waals surface area contributed by atoms with Gasteiger partial charge in [0.05, 0.1) is 11.3 Å². The molecular weight excluding hydrogens is 323 g/mol. The summed E-state index contributed by atoms with van der Waals surface area (Å²) in [7, 11) is 0. The summed E-state index contributed by atoms with van der Waals surface area (Å²) in [4.78, 5) is 12.2. The molecule has 0 aliphatic heterocycles. The lowest BCUT2D eigenvalue weighted by atomic mass is 10.1. The molecule has 0 aliphatic rings. The molecule has 0 aromatic heterocycles. The van der Waals surface area contributed by atoms with Gasteiger partial charge in [0, 0.05) is 10.2 Å². The summed E-state index contributed by atoms with van der Waals surface area (Å²) in [6.45, 7) is 3.78. The highest BCUT2D eigenvalue weighted by molar-refractivity contribution is 9.10. The van der Waals surface area contributed by atoms with Gasteiger partial charge in [0.15, 0.2) is 0 Å². The Hall–Kier alpha value is -1.88. The fourth-order valence-corrected chi connectivity index (χ4v) is 2.71. The number of aryl methyl sites for hydroxylation is 2. The van der Waals surface area contributed by atoms with Gasteiger partial charge in [0.2, 0.25) is 0 Å². The minimum absolute atomic E-state index is 0.131. The zero-order valence-electron chi connectivity index (χ0n) is 11.1. The molecule has 0 atom stereocenters. The van der Waals surface area contributed by atoms with Gasteiger partial charge in [-0.25, -0.2) is 4.39 Å². The van der Waals surface area contributed by atoms with Crippen LogP contribution in [-0.2, 0) is 0 Å². The van der Waals surface area contributed by atoms with Gasteiger partial charge in [-0.15, -0.1) is 0 Å². The van der Waals surface area contributed by atoms with Crippen LogP contribution in [-0.4, -0.2) is 5.91 Å². The Morgan fingerprint density at radius 1 is 1.25 bits per heavy atom. The highest BCUT2D eigenvalue weighted by Gasteiger charge is 2.14. The van der Waals surface area contributed by atoms with Crippen molar-refractivity contribution in [3.8, 4) is 0 Å². The van der Waals surface area contributed by atoms with Crippen molar-refractivity contribution in [1.29, 1.82) is 0 Å². The summed E-state index contributed by atoms with van der Waals surface area (Å²) in [5.41, 5.74) is 8.13. The molecule has 0 fully saturated rings. The minimum atomic E-state index is -0.595. The van der Waals surface area contributed by atoms with Crippen molar-refractivity contribution in [2.45, 2.75) is 13.8 Å². The topological polar surface area (TPSA) is 55.1 Å². The number of nitrogens with two attached hydrogens (primary N) is 1. The smallest absolute Gasteiger partial charge is 0.257 e. The van der Waals surface area contributed by atoms with Gasteiger partial charge in [-0.3, -0.25) is 4.79 Å². The van der Waals surface area contributed by atoms with Gasteiger partial charge in [-0.1, -0.05) is 22.0 Å². The van der Waals surface area contributed by atoms with Gasteiger partial charge >= 0.3 is 0 Å². The number of halogens is 2. The van der Waals surface area contributed by atoms with E-state index in [1.165, 1.54) is 18.2 Å². The number of carbonyl (C=O) groups is 1. The molecule has 3 N–H and O–H groups in total. The van der Waals surface area contributed by atoms with Crippen LogP contribution in [0.3, 0.4) is 0 Å². The van der Waals surface area contributed by atoms with Crippen LogP contribution in [0.5, 0.6) is 0 Å². The predicted molar refractivity (Wildman–Crippen MR) is 82.4 cm³/mol. The van der Waals surface area contributed by atoms with Gasteiger partial charge in [0.25, 0.3) is 5.91 Å². The second-order valence-corrected chi connectivity index (χ2v) is 5.49. The third-order valence-electron chi connectivity index (χ3n) is 3.03. The van der Waals surface area contributed by atoms with Crippen LogP contribution in [0.1, 0.15) is 21.5 Å². The maximum atomic E-state index is 13.4. The lowest BCUT2D eigenvalue weighted by molar-refractivity contribution is 0.102. The molecule has 0 heterocycles. The van der Waals surface area contributed by atoms with Crippen molar-refractivity contribution >= 4 is 33.2 Å². The number of benzene rings is 2. The van der Waals surface area contributed by atoms with Crippen molar-refractivity contribution in [1.82, 2.24) is 0 Å². The molecule has 20 heavy (non-hydrogen) atoms. The van der Waals surface area contributed by atoms with E-state index in [1.54, 1.807) is 0 Å². The second kappa shape index (κ2) is 5.63. The van der Waals surface area contributed by atoms with Crippen molar-refractivity contribution < 1.29 is 9.18 Å². The van der Waals surface area contributed by atoms with Gasteiger partial charge in [-0.05, 0) is 49.2 Å². The first-order valence-electron chi connectivity index (χ1n) is 6.02. The van der Waals surface area contributed by atoms with Crippen LogP contribution in [0.2, 0.25) is 0 Å². The molecule has 0 saturated heterocycles. The van der Waals surface area contributed by atoms with Gasteiger partial charge in [-0.2, -0.15) is 0 Å². The molecule has 0 radical (unpaired) electrons. The van der Waals surface area contributed by atoms with Crippen LogP contribution >= 0.6 is 15.9 Å². The molecule has 3 nitrogen and oxygen atoms in total. The maximum absolute atomic E-state index is 13.4. The molecule has 104 valence electrons. The number of amides is 1. The van der Waals surface area contributed by atoms with Crippen LogP contribution in [0.15, 0.2) is 34.8 Å². The van der Waals surface area contributed by atoms with E-state index in [9.17, 15) is 9.18 Å². The Kier molecular flexibility index (Phi) is 4.09. The van der Waals surface area contributed by atoms with Gasteiger partial charge < -0.3 is 11.1 Å². The summed E-state index contributed by atoms with van der Waals surface area (Å²) < 4.78 is 14.3.